The van der Waals surface area contributed by atoms with E-state index in [0.29, 0.717) is 0 Å². The SMILES string of the molecule is CC(=O)CCc1cn([C@@H]2O[C@H](CO)[C@@H](O)[C@H]2O)c(=O)[nH]c1=O. The summed E-state index contributed by atoms with van der Waals surface area (Å²) in [6.07, 6.45) is -3.57. The van der Waals surface area contributed by atoms with E-state index in [9.17, 15) is 24.6 Å². The minimum Gasteiger partial charge on any atom is -0.394 e. The van der Waals surface area contributed by atoms with Gasteiger partial charge in [-0.2, -0.15) is 0 Å². The van der Waals surface area contributed by atoms with E-state index in [1.807, 2.05) is 0 Å². The summed E-state index contributed by atoms with van der Waals surface area (Å²) in [6.45, 7) is 0.861. The number of aromatic amines is 1. The first-order valence-corrected chi connectivity index (χ1v) is 6.81. The highest BCUT2D eigenvalue weighted by molar-refractivity contribution is 5.75. The fourth-order valence-corrected chi connectivity index (χ4v) is 2.31. The molecule has 0 aromatic carbocycles. The molecule has 1 aliphatic rings. The lowest BCUT2D eigenvalue weighted by Gasteiger charge is -2.17. The van der Waals surface area contributed by atoms with Gasteiger partial charge in [0.15, 0.2) is 6.23 Å². The summed E-state index contributed by atoms with van der Waals surface area (Å²) in [5, 5.41) is 28.7. The molecule has 0 aliphatic carbocycles. The number of ether oxygens (including phenoxy) is 1. The van der Waals surface area contributed by atoms with Crippen molar-refractivity contribution in [2.45, 2.75) is 44.3 Å². The van der Waals surface area contributed by atoms with Crippen LogP contribution in [0.5, 0.6) is 0 Å². The predicted octanol–water partition coefficient (Wildman–Crippen LogP) is -2.33. The van der Waals surface area contributed by atoms with E-state index < -0.39 is 42.4 Å². The Bertz CT molecular complexity index is 665. The average molecular weight is 314 g/mol. The van der Waals surface area contributed by atoms with Gasteiger partial charge in [-0.15, -0.1) is 0 Å². The number of Topliss-reactive ketones (excluding diaryl/α,β-unsaturated/α-hetero) is 1. The van der Waals surface area contributed by atoms with Gasteiger partial charge in [0.2, 0.25) is 0 Å². The monoisotopic (exact) mass is 314 g/mol. The standard InChI is InChI=1S/C13H18N2O7/c1-6(17)2-3-7-4-15(13(21)14-11(7)20)12-10(19)9(18)8(5-16)22-12/h4,8-10,12,16,18-19H,2-3,5H2,1H3,(H,14,20,21)/t8-,9-,10-,12-/m1/s1. The number of carbonyl (C=O) groups excluding carboxylic acids is 1. The summed E-state index contributed by atoms with van der Waals surface area (Å²) in [4.78, 5) is 36.7. The molecular weight excluding hydrogens is 296 g/mol. The van der Waals surface area contributed by atoms with Crippen LogP contribution in [0.15, 0.2) is 15.8 Å². The van der Waals surface area contributed by atoms with Crippen LogP contribution in [0, 0.1) is 0 Å². The van der Waals surface area contributed by atoms with Gasteiger partial charge in [-0.3, -0.25) is 14.3 Å². The molecule has 0 radical (unpaired) electrons. The number of rotatable bonds is 5. The van der Waals surface area contributed by atoms with Gasteiger partial charge in [0, 0.05) is 18.2 Å². The number of nitrogens with one attached hydrogen (secondary N) is 1. The summed E-state index contributed by atoms with van der Waals surface area (Å²) >= 11 is 0. The Labute approximate surface area is 124 Å². The lowest BCUT2D eigenvalue weighted by Crippen LogP contribution is -2.39. The Morgan fingerprint density at radius 1 is 1.36 bits per heavy atom. The van der Waals surface area contributed by atoms with E-state index in [4.69, 9.17) is 9.84 Å². The highest BCUT2D eigenvalue weighted by Crippen LogP contribution is 2.27. The zero-order valence-electron chi connectivity index (χ0n) is 11.9. The number of aliphatic hydroxyl groups excluding tert-OH is 3. The van der Waals surface area contributed by atoms with Crippen molar-refractivity contribution in [2.24, 2.45) is 0 Å². The van der Waals surface area contributed by atoms with E-state index in [-0.39, 0.29) is 24.2 Å². The van der Waals surface area contributed by atoms with Crippen LogP contribution in [-0.2, 0) is 16.0 Å². The van der Waals surface area contributed by atoms with Gasteiger partial charge in [0.1, 0.15) is 24.1 Å². The smallest absolute Gasteiger partial charge is 0.330 e. The van der Waals surface area contributed by atoms with Crippen LogP contribution in [-0.4, -0.2) is 55.6 Å². The molecule has 0 bridgehead atoms. The lowest BCUT2D eigenvalue weighted by molar-refractivity contribution is -0.116. The third kappa shape index (κ3) is 3.17. The second-order valence-corrected chi connectivity index (χ2v) is 5.25. The van der Waals surface area contributed by atoms with Gasteiger partial charge < -0.3 is 24.9 Å². The predicted molar refractivity (Wildman–Crippen MR) is 73.3 cm³/mol. The number of hydrogen-bond donors (Lipinski definition) is 4. The van der Waals surface area contributed by atoms with Crippen molar-refractivity contribution in [3.05, 3.63) is 32.6 Å². The second-order valence-electron chi connectivity index (χ2n) is 5.25. The van der Waals surface area contributed by atoms with Crippen LogP contribution in [0.25, 0.3) is 0 Å². The van der Waals surface area contributed by atoms with Crippen molar-refractivity contribution in [2.75, 3.05) is 6.61 Å². The number of H-pyrrole nitrogens is 1. The van der Waals surface area contributed by atoms with Gasteiger partial charge in [-0.25, -0.2) is 4.79 Å². The molecule has 4 atom stereocenters. The summed E-state index contributed by atoms with van der Waals surface area (Å²) in [6, 6.07) is 0. The average Bonchev–Trinajstić information content (AvgIpc) is 2.74. The molecule has 1 aromatic rings. The Morgan fingerprint density at radius 3 is 2.59 bits per heavy atom. The maximum Gasteiger partial charge on any atom is 0.330 e. The van der Waals surface area contributed by atoms with Gasteiger partial charge >= 0.3 is 5.69 Å². The minimum absolute atomic E-state index is 0.106. The number of aliphatic hydroxyl groups is 3. The zero-order valence-corrected chi connectivity index (χ0v) is 11.9. The Morgan fingerprint density at radius 2 is 2.05 bits per heavy atom. The second kappa shape index (κ2) is 6.53. The summed E-state index contributed by atoms with van der Waals surface area (Å²) in [7, 11) is 0. The molecule has 4 N–H and O–H groups in total. The molecule has 0 amide bonds. The number of nitrogens with zero attached hydrogens (tertiary/aromatic N) is 1. The first-order chi connectivity index (χ1) is 10.3. The first kappa shape index (κ1) is 16.6. The van der Waals surface area contributed by atoms with Crippen LogP contribution in [0.4, 0.5) is 0 Å². The molecule has 2 heterocycles. The van der Waals surface area contributed by atoms with Gasteiger partial charge in [0.05, 0.1) is 6.61 Å². The molecule has 1 aliphatic heterocycles. The van der Waals surface area contributed by atoms with Crippen molar-refractivity contribution in [1.82, 2.24) is 9.55 Å². The molecule has 122 valence electrons. The highest BCUT2D eigenvalue weighted by Gasteiger charge is 2.43. The van der Waals surface area contributed by atoms with E-state index in [0.717, 1.165) is 4.57 Å². The van der Waals surface area contributed by atoms with E-state index >= 15 is 0 Å². The molecule has 2 rings (SSSR count). The Kier molecular flexibility index (Phi) is 4.91. The number of ketones is 1. The number of hydrogen-bond acceptors (Lipinski definition) is 7. The first-order valence-electron chi connectivity index (χ1n) is 6.81. The topological polar surface area (TPSA) is 142 Å². The third-order valence-electron chi connectivity index (χ3n) is 3.58. The van der Waals surface area contributed by atoms with Crippen molar-refractivity contribution >= 4 is 5.78 Å². The molecule has 1 fully saturated rings. The van der Waals surface area contributed by atoms with Crippen LogP contribution < -0.4 is 11.2 Å². The molecule has 0 unspecified atom stereocenters. The molecule has 9 nitrogen and oxygen atoms in total. The fourth-order valence-electron chi connectivity index (χ4n) is 2.31. The summed E-state index contributed by atoms with van der Waals surface area (Å²) in [5.41, 5.74) is -1.24. The van der Waals surface area contributed by atoms with Crippen molar-refractivity contribution < 1.29 is 24.9 Å². The van der Waals surface area contributed by atoms with Crippen LogP contribution >= 0.6 is 0 Å². The maximum absolute atomic E-state index is 11.9. The van der Waals surface area contributed by atoms with Crippen molar-refractivity contribution in [3.63, 3.8) is 0 Å². The number of carbonyl (C=O) groups is 1. The van der Waals surface area contributed by atoms with Crippen molar-refractivity contribution in [1.29, 1.82) is 0 Å². The quantitative estimate of drug-likeness (QED) is 0.477. The van der Waals surface area contributed by atoms with E-state index in [2.05, 4.69) is 4.98 Å². The molecule has 0 saturated carbocycles. The van der Waals surface area contributed by atoms with Gasteiger partial charge in [-0.1, -0.05) is 0 Å². The molecular formula is C13H18N2O7. The Hall–Kier alpha value is -1.81. The summed E-state index contributed by atoms with van der Waals surface area (Å²) in [5.74, 6) is -0.106. The normalized spacial score (nSPS) is 28.0. The largest absolute Gasteiger partial charge is 0.394 e. The highest BCUT2D eigenvalue weighted by atomic mass is 16.6. The molecule has 0 spiro atoms. The molecule has 22 heavy (non-hydrogen) atoms. The van der Waals surface area contributed by atoms with E-state index in [1.54, 1.807) is 0 Å². The fraction of sp³-hybridized carbons (Fsp3) is 0.615. The number of aryl methyl sites for hydroxylation is 1. The van der Waals surface area contributed by atoms with E-state index in [1.165, 1.54) is 13.1 Å². The summed E-state index contributed by atoms with van der Waals surface area (Å²) < 4.78 is 6.19. The number of aromatic nitrogens is 2. The van der Waals surface area contributed by atoms with Gasteiger partial charge in [-0.05, 0) is 13.3 Å². The molecule has 1 saturated heterocycles. The lowest BCUT2D eigenvalue weighted by atomic mass is 10.1. The molecule has 9 heteroatoms. The van der Waals surface area contributed by atoms with Crippen molar-refractivity contribution in [3.8, 4) is 0 Å². The minimum atomic E-state index is -1.43. The van der Waals surface area contributed by atoms with Gasteiger partial charge in [0.25, 0.3) is 5.56 Å². The van der Waals surface area contributed by atoms with Crippen LogP contribution in [0.1, 0.15) is 25.1 Å². The molecule has 1 aromatic heterocycles. The maximum atomic E-state index is 11.9. The van der Waals surface area contributed by atoms with Crippen LogP contribution in [0.2, 0.25) is 0 Å². The Balaban J connectivity index is 2.35. The van der Waals surface area contributed by atoms with Crippen LogP contribution in [0.3, 0.4) is 0 Å². The zero-order chi connectivity index (χ0) is 16.4. The third-order valence-corrected chi connectivity index (χ3v) is 3.58.